The summed E-state index contributed by atoms with van der Waals surface area (Å²) in [6, 6.07) is 0.229. The van der Waals surface area contributed by atoms with Crippen molar-refractivity contribution in [2.75, 3.05) is 20.2 Å². The molecule has 1 saturated heterocycles. The highest BCUT2D eigenvalue weighted by atomic mass is 32.2. The molecule has 1 aromatic carbocycles. The average molecular weight is 547 g/mol. The van der Waals surface area contributed by atoms with Crippen molar-refractivity contribution in [3.63, 3.8) is 0 Å². The first-order valence-corrected chi connectivity index (χ1v) is 12.8. The summed E-state index contributed by atoms with van der Waals surface area (Å²) in [6.07, 6.45) is -1.44. The Morgan fingerprint density at radius 1 is 1.27 bits per heavy atom. The lowest BCUT2D eigenvalue weighted by atomic mass is 9.77. The van der Waals surface area contributed by atoms with Crippen LogP contribution in [0, 0.1) is 17.5 Å². The van der Waals surface area contributed by atoms with Crippen LogP contribution in [0.25, 0.3) is 11.3 Å². The minimum atomic E-state index is -1.64. The van der Waals surface area contributed by atoms with E-state index in [-0.39, 0.29) is 17.2 Å². The standard InChI is InChI=1S/C23H29F3N4O6S/c1-3-29(2)21(34)20(23(35)5-4-6-23)37-22-19(33)17(18(32)15(10-31)36-22)30-9-14(27-28-30)11-7-12(24)16(26)13(25)8-11/h7-9,15,17-20,22,31-33,35H,3-6,10H2,1-2H3/t15-,17+,18+,19-,20+,22+/m1/s1. The molecule has 2 aliphatic rings. The van der Waals surface area contributed by atoms with E-state index in [1.807, 2.05) is 0 Å². The number of benzene rings is 1. The molecule has 2 aromatic rings. The SMILES string of the molecule is CCN(C)C(=O)[C@H](S[C@@H]1O[C@H](CO)[C@H](O)[C@H](n2cc(-c3cc(F)c(F)c(F)c3)nn2)[C@H]1O)C1(O)CCC1. The van der Waals surface area contributed by atoms with Gasteiger partial charge in [-0.05, 0) is 38.3 Å². The first-order chi connectivity index (χ1) is 17.5. The van der Waals surface area contributed by atoms with Gasteiger partial charge in [-0.3, -0.25) is 4.79 Å². The molecule has 1 aliphatic carbocycles. The number of aliphatic hydroxyl groups excluding tert-OH is 3. The number of rotatable bonds is 8. The third-order valence-electron chi connectivity index (χ3n) is 7.00. The molecule has 0 radical (unpaired) electrons. The number of nitrogens with zero attached hydrogens (tertiary/aromatic N) is 4. The van der Waals surface area contributed by atoms with Gasteiger partial charge in [-0.1, -0.05) is 5.21 Å². The lowest BCUT2D eigenvalue weighted by Gasteiger charge is -2.47. The van der Waals surface area contributed by atoms with Gasteiger partial charge in [-0.2, -0.15) is 0 Å². The van der Waals surface area contributed by atoms with E-state index in [0.717, 1.165) is 35.0 Å². The Balaban J connectivity index is 1.63. The van der Waals surface area contributed by atoms with Gasteiger partial charge < -0.3 is 30.1 Å². The van der Waals surface area contributed by atoms with Crippen molar-refractivity contribution in [2.45, 2.75) is 66.8 Å². The van der Waals surface area contributed by atoms with Crippen molar-refractivity contribution < 1.29 is 43.1 Å². The molecule has 0 unspecified atom stereocenters. The van der Waals surface area contributed by atoms with Crippen LogP contribution in [0.3, 0.4) is 0 Å². The Hall–Kier alpha value is -2.23. The van der Waals surface area contributed by atoms with E-state index < -0.39 is 64.7 Å². The third-order valence-corrected chi connectivity index (χ3v) is 8.57. The number of hydrogen-bond donors (Lipinski definition) is 4. The topological polar surface area (TPSA) is 141 Å². The van der Waals surface area contributed by atoms with Gasteiger partial charge in [0.1, 0.15) is 40.7 Å². The van der Waals surface area contributed by atoms with Crippen LogP contribution in [0.5, 0.6) is 0 Å². The zero-order valence-electron chi connectivity index (χ0n) is 20.2. The van der Waals surface area contributed by atoms with E-state index in [9.17, 15) is 38.4 Å². The summed E-state index contributed by atoms with van der Waals surface area (Å²) in [4.78, 5) is 14.5. The fourth-order valence-electron chi connectivity index (χ4n) is 4.46. The van der Waals surface area contributed by atoms with E-state index in [1.165, 1.54) is 11.1 Å². The molecule has 0 spiro atoms. The quantitative estimate of drug-likeness (QED) is 0.355. The second-order valence-corrected chi connectivity index (χ2v) is 10.6. The molecule has 2 heterocycles. The Bertz CT molecular complexity index is 1110. The summed E-state index contributed by atoms with van der Waals surface area (Å²) in [5, 5.41) is 49.6. The molecule has 4 N–H and O–H groups in total. The number of carbonyl (C=O) groups is 1. The van der Waals surface area contributed by atoms with E-state index in [0.29, 0.717) is 19.4 Å². The Labute approximate surface area is 215 Å². The summed E-state index contributed by atoms with van der Waals surface area (Å²) in [5.74, 6) is -4.83. The zero-order chi connectivity index (χ0) is 27.1. The zero-order valence-corrected chi connectivity index (χ0v) is 21.0. The fourth-order valence-corrected chi connectivity index (χ4v) is 6.04. The molecule has 0 bridgehead atoms. The van der Waals surface area contributed by atoms with Crippen molar-refractivity contribution in [3.8, 4) is 11.3 Å². The van der Waals surface area contributed by atoms with Gasteiger partial charge in [0.15, 0.2) is 17.5 Å². The van der Waals surface area contributed by atoms with Crippen molar-refractivity contribution in [2.24, 2.45) is 0 Å². The van der Waals surface area contributed by atoms with Crippen molar-refractivity contribution >= 4 is 17.7 Å². The molecule has 10 nitrogen and oxygen atoms in total. The maximum Gasteiger partial charge on any atom is 0.238 e. The summed E-state index contributed by atoms with van der Waals surface area (Å²) in [7, 11) is 1.59. The third kappa shape index (κ3) is 5.22. The van der Waals surface area contributed by atoms with Crippen LogP contribution >= 0.6 is 11.8 Å². The summed E-state index contributed by atoms with van der Waals surface area (Å²) in [6.45, 7) is 1.55. The second kappa shape index (κ2) is 10.9. The Morgan fingerprint density at radius 2 is 1.92 bits per heavy atom. The molecule has 4 rings (SSSR count). The highest BCUT2D eigenvalue weighted by Gasteiger charge is 2.53. The fraction of sp³-hybridized carbons (Fsp3) is 0.609. The molecule has 14 heteroatoms. The van der Waals surface area contributed by atoms with Crippen molar-refractivity contribution in [3.05, 3.63) is 35.8 Å². The molecule has 1 aromatic heterocycles. The van der Waals surface area contributed by atoms with E-state index in [2.05, 4.69) is 10.3 Å². The number of halogens is 3. The van der Waals surface area contributed by atoms with E-state index in [4.69, 9.17) is 4.74 Å². The monoisotopic (exact) mass is 546 g/mol. The van der Waals surface area contributed by atoms with Crippen LogP contribution in [0.2, 0.25) is 0 Å². The number of aromatic nitrogens is 3. The van der Waals surface area contributed by atoms with Crippen molar-refractivity contribution in [1.29, 1.82) is 0 Å². The van der Waals surface area contributed by atoms with Gasteiger partial charge >= 0.3 is 0 Å². The predicted molar refractivity (Wildman–Crippen MR) is 126 cm³/mol. The number of carbonyl (C=O) groups excluding carboxylic acids is 1. The first kappa shape index (κ1) is 27.8. The highest BCUT2D eigenvalue weighted by Crippen LogP contribution is 2.45. The molecule has 1 amide bonds. The van der Waals surface area contributed by atoms with Crippen LogP contribution in [-0.2, 0) is 9.53 Å². The number of hydrogen-bond acceptors (Lipinski definition) is 9. The minimum absolute atomic E-state index is 0.0603. The highest BCUT2D eigenvalue weighted by molar-refractivity contribution is 8.01. The summed E-state index contributed by atoms with van der Waals surface area (Å²) in [5.41, 5.74) is -2.65. The minimum Gasteiger partial charge on any atom is -0.394 e. The molecule has 1 saturated carbocycles. The van der Waals surface area contributed by atoms with Gasteiger partial charge in [0.05, 0.1) is 18.4 Å². The first-order valence-electron chi connectivity index (χ1n) is 11.8. The maximum absolute atomic E-state index is 13.7. The predicted octanol–water partition coefficient (Wildman–Crippen LogP) is 0.838. The molecule has 1 aliphatic heterocycles. The molecular formula is C23H29F3N4O6S. The maximum atomic E-state index is 13.7. The van der Waals surface area contributed by atoms with Gasteiger partial charge in [0, 0.05) is 19.2 Å². The normalized spacial score (nSPS) is 28.0. The smallest absolute Gasteiger partial charge is 0.238 e. The van der Waals surface area contributed by atoms with Crippen LogP contribution < -0.4 is 0 Å². The Morgan fingerprint density at radius 3 is 2.46 bits per heavy atom. The van der Waals surface area contributed by atoms with Crippen LogP contribution in [0.1, 0.15) is 32.2 Å². The van der Waals surface area contributed by atoms with Gasteiger partial charge in [-0.15, -0.1) is 16.9 Å². The van der Waals surface area contributed by atoms with Crippen LogP contribution in [0.4, 0.5) is 13.2 Å². The summed E-state index contributed by atoms with van der Waals surface area (Å²) < 4.78 is 47.6. The number of thioether (sulfide) groups is 1. The number of amides is 1. The molecule has 6 atom stereocenters. The molecule has 2 fully saturated rings. The van der Waals surface area contributed by atoms with Gasteiger partial charge in [0.2, 0.25) is 5.91 Å². The summed E-state index contributed by atoms with van der Waals surface area (Å²) >= 11 is 0.899. The number of aliphatic hydroxyl groups is 4. The lowest BCUT2D eigenvalue weighted by Crippen LogP contribution is -2.59. The molecule has 204 valence electrons. The van der Waals surface area contributed by atoms with Gasteiger partial charge in [0.25, 0.3) is 0 Å². The molecule has 37 heavy (non-hydrogen) atoms. The second-order valence-electron chi connectivity index (χ2n) is 9.36. The van der Waals surface area contributed by atoms with E-state index >= 15 is 0 Å². The van der Waals surface area contributed by atoms with Crippen LogP contribution in [0.15, 0.2) is 18.3 Å². The molecular weight excluding hydrogens is 517 g/mol. The lowest BCUT2D eigenvalue weighted by molar-refractivity contribution is -0.179. The van der Waals surface area contributed by atoms with E-state index in [1.54, 1.807) is 14.0 Å². The average Bonchev–Trinajstić information content (AvgIpc) is 3.34. The number of ether oxygens (including phenoxy) is 1. The van der Waals surface area contributed by atoms with Crippen LogP contribution in [-0.4, -0.2) is 101 Å². The van der Waals surface area contributed by atoms with Crippen molar-refractivity contribution in [1.82, 2.24) is 19.9 Å². The Kier molecular flexibility index (Phi) is 8.16. The largest absolute Gasteiger partial charge is 0.394 e. The van der Waals surface area contributed by atoms with Gasteiger partial charge in [-0.25, -0.2) is 17.9 Å².